The zero-order valence-corrected chi connectivity index (χ0v) is 17.5. The number of nitrogens with zero attached hydrogens (tertiary/aromatic N) is 2. The van der Waals surface area contributed by atoms with Crippen LogP contribution in [-0.2, 0) is 16.4 Å². The molecule has 0 amide bonds. The molecule has 3 aliphatic rings. The smallest absolute Gasteiger partial charge is 0.243 e. The van der Waals surface area contributed by atoms with Crippen LogP contribution in [0.25, 0.3) is 0 Å². The Bertz CT molecular complexity index is 935. The van der Waals surface area contributed by atoms with Gasteiger partial charge in [0.1, 0.15) is 0 Å². The first-order valence-corrected chi connectivity index (χ1v) is 11.5. The van der Waals surface area contributed by atoms with Crippen LogP contribution in [0.3, 0.4) is 0 Å². The van der Waals surface area contributed by atoms with E-state index >= 15 is 0 Å². The maximum absolute atomic E-state index is 13.4. The molecule has 3 atom stereocenters. The second-order valence-electron chi connectivity index (χ2n) is 8.09. The normalized spacial score (nSPS) is 27.8. The lowest BCUT2D eigenvalue weighted by atomic mass is 9.77. The van der Waals surface area contributed by atoms with Crippen molar-refractivity contribution < 1.29 is 8.42 Å². The number of rotatable bonds is 2. The molecule has 3 aliphatic heterocycles. The van der Waals surface area contributed by atoms with E-state index in [9.17, 15) is 8.42 Å². The minimum Gasteiger partial charge on any atom is -0.296 e. The molecule has 2 fully saturated rings. The van der Waals surface area contributed by atoms with Gasteiger partial charge in [-0.3, -0.25) is 4.90 Å². The Labute approximate surface area is 174 Å². The van der Waals surface area contributed by atoms with E-state index < -0.39 is 10.0 Å². The Morgan fingerprint density at radius 2 is 1.68 bits per heavy atom. The molecule has 0 bridgehead atoms. The highest BCUT2D eigenvalue weighted by molar-refractivity contribution is 7.89. The summed E-state index contributed by atoms with van der Waals surface area (Å²) < 4.78 is 28.5. The summed E-state index contributed by atoms with van der Waals surface area (Å²) in [5.41, 5.74) is 2.84. The molecule has 2 aromatic rings. The van der Waals surface area contributed by atoms with Gasteiger partial charge < -0.3 is 0 Å². The van der Waals surface area contributed by atoms with Crippen LogP contribution < -0.4 is 0 Å². The maximum Gasteiger partial charge on any atom is 0.243 e. The fourth-order valence-corrected chi connectivity index (χ4v) is 7.14. The fraction of sp³-hybridized carbons (Fsp3) is 0.455. The molecule has 0 spiro atoms. The summed E-state index contributed by atoms with van der Waals surface area (Å²) >= 11 is 0. The molecule has 2 saturated heterocycles. The SMILES string of the molecule is Cl.O=S(=O)(c1ccccc1)N1CCC[C@@H]2CN3CCc4ccccc4[C@@H]3C[C@@H]21. The zero-order chi connectivity index (χ0) is 18.4. The summed E-state index contributed by atoms with van der Waals surface area (Å²) in [6.07, 6.45) is 4.11. The molecule has 2 aromatic carbocycles. The molecule has 4 nitrogen and oxygen atoms in total. The van der Waals surface area contributed by atoms with Crippen LogP contribution in [-0.4, -0.2) is 43.3 Å². The van der Waals surface area contributed by atoms with E-state index in [-0.39, 0.29) is 18.4 Å². The first kappa shape index (κ1) is 19.9. The van der Waals surface area contributed by atoms with Crippen molar-refractivity contribution >= 4 is 22.4 Å². The molecular formula is C22H27ClN2O2S. The van der Waals surface area contributed by atoms with Crippen molar-refractivity contribution in [3.8, 4) is 0 Å². The van der Waals surface area contributed by atoms with Gasteiger partial charge in [-0.25, -0.2) is 8.42 Å². The third kappa shape index (κ3) is 3.28. The molecular weight excluding hydrogens is 392 g/mol. The van der Waals surface area contributed by atoms with Crippen molar-refractivity contribution in [3.63, 3.8) is 0 Å². The highest BCUT2D eigenvalue weighted by Crippen LogP contribution is 2.44. The molecule has 0 radical (unpaired) electrons. The van der Waals surface area contributed by atoms with Gasteiger partial charge >= 0.3 is 0 Å². The van der Waals surface area contributed by atoms with Crippen molar-refractivity contribution in [2.75, 3.05) is 19.6 Å². The molecule has 5 rings (SSSR count). The molecule has 6 heteroatoms. The number of benzene rings is 2. The summed E-state index contributed by atoms with van der Waals surface area (Å²) in [5.74, 6) is 0.443. The average Bonchev–Trinajstić information content (AvgIpc) is 2.72. The Balaban J connectivity index is 0.00000192. The molecule has 0 aliphatic carbocycles. The van der Waals surface area contributed by atoms with Crippen LogP contribution in [0.15, 0.2) is 59.5 Å². The largest absolute Gasteiger partial charge is 0.296 e. The van der Waals surface area contributed by atoms with Crippen molar-refractivity contribution in [2.45, 2.75) is 42.7 Å². The van der Waals surface area contributed by atoms with E-state index in [4.69, 9.17) is 0 Å². The fourth-order valence-electron chi connectivity index (χ4n) is 5.38. The molecule has 3 heterocycles. The monoisotopic (exact) mass is 418 g/mol. The summed E-state index contributed by atoms with van der Waals surface area (Å²) in [6, 6.07) is 18.1. The molecule has 0 unspecified atom stereocenters. The van der Waals surface area contributed by atoms with Crippen LogP contribution in [0, 0.1) is 5.92 Å². The van der Waals surface area contributed by atoms with Crippen LogP contribution >= 0.6 is 12.4 Å². The Hall–Kier alpha value is -1.40. The van der Waals surface area contributed by atoms with Gasteiger partial charge in [0.15, 0.2) is 0 Å². The zero-order valence-electron chi connectivity index (χ0n) is 15.9. The standard InChI is InChI=1S/C22H26N2O2S.ClH/c25-27(26,19-9-2-1-3-10-19)24-13-6-8-18-16-23-14-12-17-7-4-5-11-20(17)22(23)15-21(18)24;/h1-5,7,9-11,18,21-22H,6,8,12-16H2;1H/t18-,21+,22+;/m1./s1. The lowest BCUT2D eigenvalue weighted by Gasteiger charge is -2.51. The average molecular weight is 419 g/mol. The number of fused-ring (bicyclic) bond motifs is 4. The van der Waals surface area contributed by atoms with Crippen LogP contribution in [0.2, 0.25) is 0 Å². The number of sulfonamides is 1. The van der Waals surface area contributed by atoms with Gasteiger partial charge in [-0.1, -0.05) is 42.5 Å². The van der Waals surface area contributed by atoms with Crippen molar-refractivity contribution in [2.24, 2.45) is 5.92 Å². The maximum atomic E-state index is 13.4. The van der Waals surface area contributed by atoms with Gasteiger partial charge in [0.05, 0.1) is 4.90 Å². The van der Waals surface area contributed by atoms with E-state index in [0.29, 0.717) is 23.4 Å². The quantitative estimate of drug-likeness (QED) is 0.743. The number of halogens is 1. The minimum atomic E-state index is -3.43. The highest BCUT2D eigenvalue weighted by atomic mass is 35.5. The van der Waals surface area contributed by atoms with Gasteiger partial charge in [0, 0.05) is 31.7 Å². The number of hydrogen-bond donors (Lipinski definition) is 0. The van der Waals surface area contributed by atoms with Gasteiger partial charge in [0.25, 0.3) is 0 Å². The third-order valence-electron chi connectivity index (χ3n) is 6.67. The predicted octanol–water partition coefficient (Wildman–Crippen LogP) is 3.88. The summed E-state index contributed by atoms with van der Waals surface area (Å²) in [6.45, 7) is 2.76. The topological polar surface area (TPSA) is 40.6 Å². The number of hydrogen-bond acceptors (Lipinski definition) is 3. The van der Waals surface area contributed by atoms with Crippen molar-refractivity contribution in [1.82, 2.24) is 9.21 Å². The van der Waals surface area contributed by atoms with Gasteiger partial charge in [0.2, 0.25) is 10.0 Å². The third-order valence-corrected chi connectivity index (χ3v) is 8.61. The van der Waals surface area contributed by atoms with Gasteiger partial charge in [-0.15, -0.1) is 12.4 Å². The Morgan fingerprint density at radius 1 is 0.929 bits per heavy atom. The van der Waals surface area contributed by atoms with Crippen molar-refractivity contribution in [3.05, 3.63) is 65.7 Å². The summed E-state index contributed by atoms with van der Waals surface area (Å²) in [7, 11) is -3.43. The molecule has 0 N–H and O–H groups in total. The second kappa shape index (κ2) is 7.79. The first-order valence-electron chi connectivity index (χ1n) is 10.0. The van der Waals surface area contributed by atoms with E-state index in [1.807, 2.05) is 22.5 Å². The molecule has 0 saturated carbocycles. The van der Waals surface area contributed by atoms with E-state index in [2.05, 4.69) is 29.2 Å². The van der Waals surface area contributed by atoms with Crippen LogP contribution in [0.5, 0.6) is 0 Å². The van der Waals surface area contributed by atoms with E-state index in [1.165, 1.54) is 11.1 Å². The van der Waals surface area contributed by atoms with E-state index in [0.717, 1.165) is 38.8 Å². The highest BCUT2D eigenvalue weighted by Gasteiger charge is 2.46. The molecule has 28 heavy (non-hydrogen) atoms. The minimum absolute atomic E-state index is 0. The summed E-state index contributed by atoms with van der Waals surface area (Å²) in [5, 5.41) is 0. The predicted molar refractivity (Wildman–Crippen MR) is 113 cm³/mol. The second-order valence-corrected chi connectivity index (χ2v) is 9.98. The first-order chi connectivity index (χ1) is 13.1. The molecule has 150 valence electrons. The van der Waals surface area contributed by atoms with E-state index in [1.54, 1.807) is 12.1 Å². The van der Waals surface area contributed by atoms with Gasteiger partial charge in [-0.2, -0.15) is 4.31 Å². The molecule has 0 aromatic heterocycles. The lowest BCUT2D eigenvalue weighted by Crippen LogP contribution is -2.57. The number of piperidine rings is 2. The lowest BCUT2D eigenvalue weighted by molar-refractivity contribution is 0.0220. The van der Waals surface area contributed by atoms with Gasteiger partial charge in [-0.05, 0) is 54.9 Å². The summed E-state index contributed by atoms with van der Waals surface area (Å²) in [4.78, 5) is 3.03. The van der Waals surface area contributed by atoms with Crippen LogP contribution in [0.4, 0.5) is 0 Å². The van der Waals surface area contributed by atoms with Crippen LogP contribution in [0.1, 0.15) is 36.4 Å². The Kier molecular flexibility index (Phi) is 5.53. The van der Waals surface area contributed by atoms with Crippen molar-refractivity contribution in [1.29, 1.82) is 0 Å². The Morgan fingerprint density at radius 3 is 2.50 bits per heavy atom.